The summed E-state index contributed by atoms with van der Waals surface area (Å²) in [7, 11) is 0. The number of nitrogens with one attached hydrogen (secondary N) is 2. The van der Waals surface area contributed by atoms with Crippen molar-refractivity contribution in [2.75, 3.05) is 6.54 Å². The molecule has 0 aliphatic rings. The minimum atomic E-state index is -1.20. The summed E-state index contributed by atoms with van der Waals surface area (Å²) in [5.41, 5.74) is -0.0721. The van der Waals surface area contributed by atoms with Gasteiger partial charge in [0.15, 0.2) is 0 Å². The van der Waals surface area contributed by atoms with Crippen LogP contribution >= 0.6 is 0 Å². The van der Waals surface area contributed by atoms with Crippen molar-refractivity contribution in [1.29, 1.82) is 0 Å². The summed E-state index contributed by atoms with van der Waals surface area (Å²) in [4.78, 5) is 22.3. The smallest absolute Gasteiger partial charge is 0.407 e. The summed E-state index contributed by atoms with van der Waals surface area (Å²) in [6.45, 7) is 6.69. The number of ether oxygens (including phenoxy) is 1. The molecule has 22 heavy (non-hydrogen) atoms. The number of amides is 1. The Labute approximate surface area is 127 Å². The van der Waals surface area contributed by atoms with Crippen LogP contribution < -0.4 is 5.32 Å². The predicted octanol–water partition coefficient (Wildman–Crippen LogP) is 2.34. The number of H-pyrrole nitrogens is 1. The molecule has 0 unspecified atom stereocenters. The highest BCUT2D eigenvalue weighted by atomic mass is 19.1. The average molecular weight is 313 g/mol. The van der Waals surface area contributed by atoms with Gasteiger partial charge in [-0.05, 0) is 33.8 Å². The minimum Gasteiger partial charge on any atom is -0.477 e. The molecule has 0 aromatic carbocycles. The Bertz CT molecular complexity index is 587. The number of carbonyl (C=O) groups is 2. The normalized spacial score (nSPS) is 12.1. The third-order valence-corrected chi connectivity index (χ3v) is 2.60. The zero-order chi connectivity index (χ0) is 16.9. The van der Waals surface area contributed by atoms with E-state index >= 15 is 0 Å². The van der Waals surface area contributed by atoms with E-state index < -0.39 is 23.5 Å². The van der Waals surface area contributed by atoms with Gasteiger partial charge < -0.3 is 15.2 Å². The highest BCUT2D eigenvalue weighted by Crippen LogP contribution is 2.16. The monoisotopic (exact) mass is 313 g/mol. The van der Waals surface area contributed by atoms with Gasteiger partial charge in [0.1, 0.15) is 17.1 Å². The second kappa shape index (κ2) is 7.06. The van der Waals surface area contributed by atoms with Gasteiger partial charge in [-0.2, -0.15) is 5.10 Å². The molecular weight excluding hydrogens is 293 g/mol. The Morgan fingerprint density at radius 3 is 2.64 bits per heavy atom. The quantitative estimate of drug-likeness (QED) is 0.774. The van der Waals surface area contributed by atoms with Crippen LogP contribution in [-0.2, 0) is 11.2 Å². The van der Waals surface area contributed by atoms with E-state index in [-0.39, 0.29) is 24.2 Å². The summed E-state index contributed by atoms with van der Waals surface area (Å²) < 4.78 is 18.8. The number of rotatable bonds is 5. The lowest BCUT2D eigenvalue weighted by Crippen LogP contribution is -2.32. The number of carbonyl (C=O) groups excluding carboxylic acids is 1. The maximum atomic E-state index is 13.8. The SMILES string of the molecule is Cc1n[nH]c(C(=O)O)c1CC(F)=CCNC(=O)OC(C)(C)C. The van der Waals surface area contributed by atoms with Gasteiger partial charge in [0, 0.05) is 18.5 Å². The van der Waals surface area contributed by atoms with Crippen LogP contribution in [0.5, 0.6) is 0 Å². The molecule has 0 saturated heterocycles. The van der Waals surface area contributed by atoms with Crippen molar-refractivity contribution in [2.24, 2.45) is 0 Å². The second-order valence-electron chi connectivity index (χ2n) is 5.68. The molecule has 1 rings (SSSR count). The van der Waals surface area contributed by atoms with Crippen LogP contribution in [0.1, 0.15) is 42.5 Å². The Kier molecular flexibility index (Phi) is 5.67. The number of aromatic carboxylic acids is 1. The predicted molar refractivity (Wildman–Crippen MR) is 77.4 cm³/mol. The molecule has 1 amide bonds. The first-order chi connectivity index (χ1) is 10.1. The third-order valence-electron chi connectivity index (χ3n) is 2.60. The molecule has 0 radical (unpaired) electrons. The van der Waals surface area contributed by atoms with Crippen LogP contribution in [0.3, 0.4) is 0 Å². The van der Waals surface area contributed by atoms with Crippen molar-refractivity contribution in [3.8, 4) is 0 Å². The van der Waals surface area contributed by atoms with Gasteiger partial charge in [-0.25, -0.2) is 14.0 Å². The topological polar surface area (TPSA) is 104 Å². The van der Waals surface area contributed by atoms with Crippen LogP contribution in [0, 0.1) is 6.92 Å². The molecule has 8 heteroatoms. The molecule has 1 aromatic heterocycles. The van der Waals surface area contributed by atoms with E-state index in [0.29, 0.717) is 5.69 Å². The fraction of sp³-hybridized carbons (Fsp3) is 0.500. The fourth-order valence-electron chi connectivity index (χ4n) is 1.65. The van der Waals surface area contributed by atoms with Gasteiger partial charge >= 0.3 is 12.1 Å². The van der Waals surface area contributed by atoms with Crippen molar-refractivity contribution >= 4 is 12.1 Å². The van der Waals surface area contributed by atoms with E-state index in [0.717, 1.165) is 6.08 Å². The largest absolute Gasteiger partial charge is 0.477 e. The summed E-state index contributed by atoms with van der Waals surface area (Å²) in [6, 6.07) is 0. The highest BCUT2D eigenvalue weighted by Gasteiger charge is 2.18. The molecule has 0 atom stereocenters. The van der Waals surface area contributed by atoms with Crippen LogP contribution in [0.2, 0.25) is 0 Å². The van der Waals surface area contributed by atoms with Crippen molar-refractivity contribution < 1.29 is 23.8 Å². The van der Waals surface area contributed by atoms with Gasteiger partial charge in [0.25, 0.3) is 0 Å². The van der Waals surface area contributed by atoms with Gasteiger partial charge in [-0.3, -0.25) is 5.10 Å². The summed E-state index contributed by atoms with van der Waals surface area (Å²) in [6.07, 6.45) is 0.296. The molecular formula is C14H20FN3O4. The number of carboxylic acids is 1. The molecule has 1 heterocycles. The number of halogens is 1. The van der Waals surface area contributed by atoms with E-state index in [1.807, 2.05) is 0 Å². The summed E-state index contributed by atoms with van der Waals surface area (Å²) in [5.74, 6) is -1.77. The number of nitrogens with zero attached hydrogens (tertiary/aromatic N) is 1. The van der Waals surface area contributed by atoms with Gasteiger partial charge in [-0.15, -0.1) is 0 Å². The maximum Gasteiger partial charge on any atom is 0.407 e. The van der Waals surface area contributed by atoms with Gasteiger partial charge in [-0.1, -0.05) is 0 Å². The van der Waals surface area contributed by atoms with E-state index in [2.05, 4.69) is 15.5 Å². The average Bonchev–Trinajstić information content (AvgIpc) is 2.68. The van der Waals surface area contributed by atoms with Crippen molar-refractivity contribution in [3.63, 3.8) is 0 Å². The highest BCUT2D eigenvalue weighted by molar-refractivity contribution is 5.87. The summed E-state index contributed by atoms with van der Waals surface area (Å²) >= 11 is 0. The molecule has 0 aliphatic carbocycles. The number of hydrogen-bond acceptors (Lipinski definition) is 4. The molecule has 1 aromatic rings. The van der Waals surface area contributed by atoms with Crippen LogP contribution in [0.4, 0.5) is 9.18 Å². The number of aryl methyl sites for hydroxylation is 1. The van der Waals surface area contributed by atoms with E-state index in [1.54, 1.807) is 27.7 Å². The van der Waals surface area contributed by atoms with E-state index in [1.165, 1.54) is 0 Å². The lowest BCUT2D eigenvalue weighted by atomic mass is 10.1. The van der Waals surface area contributed by atoms with Crippen LogP contribution in [-0.4, -0.2) is 39.5 Å². The zero-order valence-electron chi connectivity index (χ0n) is 13.0. The van der Waals surface area contributed by atoms with Gasteiger partial charge in [0.2, 0.25) is 0 Å². The number of hydrogen-bond donors (Lipinski definition) is 3. The first-order valence-electron chi connectivity index (χ1n) is 6.68. The molecule has 0 spiro atoms. The molecule has 0 saturated carbocycles. The molecule has 0 fully saturated rings. The van der Waals surface area contributed by atoms with Crippen molar-refractivity contribution in [2.45, 2.75) is 39.7 Å². The standard InChI is InChI=1S/C14H20FN3O4/c1-8-10(11(12(19)20)18-17-8)7-9(15)5-6-16-13(21)22-14(2,3)4/h5H,6-7H2,1-4H3,(H,16,21)(H,17,18)(H,19,20). The van der Waals surface area contributed by atoms with Gasteiger partial charge in [0.05, 0.1) is 5.69 Å². The van der Waals surface area contributed by atoms with Crippen LogP contribution in [0.25, 0.3) is 0 Å². The Morgan fingerprint density at radius 1 is 1.45 bits per heavy atom. The third kappa shape index (κ3) is 5.55. The number of alkyl carbamates (subject to hydrolysis) is 1. The molecule has 0 aliphatic heterocycles. The fourth-order valence-corrected chi connectivity index (χ4v) is 1.65. The maximum absolute atomic E-state index is 13.8. The first-order valence-corrected chi connectivity index (χ1v) is 6.68. The summed E-state index contributed by atoms with van der Waals surface area (Å²) in [5, 5.41) is 17.4. The zero-order valence-corrected chi connectivity index (χ0v) is 13.0. The Morgan fingerprint density at radius 2 is 2.09 bits per heavy atom. The Hall–Kier alpha value is -2.38. The number of carboxylic acid groups (broad SMARTS) is 1. The Balaban J connectivity index is 2.59. The minimum absolute atomic E-state index is 0.0555. The van der Waals surface area contributed by atoms with E-state index in [4.69, 9.17) is 9.84 Å². The number of aromatic nitrogens is 2. The first kappa shape index (κ1) is 17.7. The lowest BCUT2D eigenvalue weighted by Gasteiger charge is -2.19. The molecule has 122 valence electrons. The van der Waals surface area contributed by atoms with Crippen molar-refractivity contribution in [1.82, 2.24) is 15.5 Å². The molecule has 3 N–H and O–H groups in total. The molecule has 7 nitrogen and oxygen atoms in total. The van der Waals surface area contributed by atoms with E-state index in [9.17, 15) is 14.0 Å². The van der Waals surface area contributed by atoms with Crippen LogP contribution in [0.15, 0.2) is 11.9 Å². The second-order valence-corrected chi connectivity index (χ2v) is 5.68. The number of allylic oxidation sites excluding steroid dienone is 1. The molecule has 0 bridgehead atoms. The number of aromatic amines is 1. The van der Waals surface area contributed by atoms with Crippen molar-refractivity contribution in [3.05, 3.63) is 28.9 Å². The lowest BCUT2D eigenvalue weighted by molar-refractivity contribution is 0.0533.